The number of nitrogens with zero attached hydrogens (tertiary/aromatic N) is 2. The number of hydrogen-bond acceptors (Lipinski definition) is 5. The van der Waals surface area contributed by atoms with E-state index in [1.807, 2.05) is 20.8 Å². The lowest BCUT2D eigenvalue weighted by Gasteiger charge is -2.12. The van der Waals surface area contributed by atoms with Crippen LogP contribution in [0.4, 0.5) is 0 Å². The van der Waals surface area contributed by atoms with Crippen LogP contribution in [0.15, 0.2) is 4.52 Å². The van der Waals surface area contributed by atoms with Gasteiger partial charge in [-0.2, -0.15) is 4.98 Å². The first-order valence-corrected chi connectivity index (χ1v) is 5.77. The molecule has 0 amide bonds. The van der Waals surface area contributed by atoms with E-state index in [0.717, 1.165) is 0 Å². The number of rotatable bonds is 5. The molecule has 5 nitrogen and oxygen atoms in total. The normalized spacial score (nSPS) is 18.8. The van der Waals surface area contributed by atoms with Gasteiger partial charge in [0.1, 0.15) is 6.10 Å². The van der Waals surface area contributed by atoms with Crippen molar-refractivity contribution in [2.24, 2.45) is 11.7 Å². The summed E-state index contributed by atoms with van der Waals surface area (Å²) < 4.78 is 10.8. The summed E-state index contributed by atoms with van der Waals surface area (Å²) in [5.41, 5.74) is 5.31. The van der Waals surface area contributed by atoms with Gasteiger partial charge in [0.15, 0.2) is 0 Å². The van der Waals surface area contributed by atoms with Crippen molar-refractivity contribution in [3.63, 3.8) is 0 Å². The van der Waals surface area contributed by atoms with Gasteiger partial charge < -0.3 is 15.0 Å². The van der Waals surface area contributed by atoms with Crippen molar-refractivity contribution >= 4 is 0 Å². The van der Waals surface area contributed by atoms with E-state index in [-0.39, 0.29) is 6.10 Å². The Kier molecular flexibility index (Phi) is 2.99. The average Bonchev–Trinajstić information content (AvgIpc) is 2.89. The lowest BCUT2D eigenvalue weighted by molar-refractivity contribution is 0.0384. The molecule has 0 spiro atoms. The van der Waals surface area contributed by atoms with Crippen molar-refractivity contribution in [2.45, 2.75) is 45.3 Å². The molecule has 5 heteroatoms. The second-order valence-corrected chi connectivity index (χ2v) is 4.89. The average molecular weight is 225 g/mol. The SMILES string of the molecule is CCOC(c1noc(C(C)(C)N)n1)C1CC1. The summed E-state index contributed by atoms with van der Waals surface area (Å²) in [6, 6.07) is 0. The fraction of sp³-hybridized carbons (Fsp3) is 0.818. The number of ether oxygens (including phenoxy) is 1. The highest BCUT2D eigenvalue weighted by atomic mass is 16.5. The van der Waals surface area contributed by atoms with Gasteiger partial charge >= 0.3 is 0 Å². The molecule has 1 aliphatic carbocycles. The van der Waals surface area contributed by atoms with Crippen LogP contribution < -0.4 is 5.73 Å². The third-order valence-corrected chi connectivity index (χ3v) is 2.64. The van der Waals surface area contributed by atoms with Crippen LogP contribution in [0.5, 0.6) is 0 Å². The molecule has 0 aromatic carbocycles. The first-order valence-electron chi connectivity index (χ1n) is 5.77. The third kappa shape index (κ3) is 2.41. The van der Waals surface area contributed by atoms with E-state index in [2.05, 4.69) is 10.1 Å². The maximum absolute atomic E-state index is 5.90. The molecule has 1 aromatic rings. The first kappa shape index (κ1) is 11.5. The van der Waals surface area contributed by atoms with Crippen molar-refractivity contribution < 1.29 is 9.26 Å². The third-order valence-electron chi connectivity index (χ3n) is 2.64. The van der Waals surface area contributed by atoms with Crippen LogP contribution in [0.25, 0.3) is 0 Å². The fourth-order valence-electron chi connectivity index (χ4n) is 1.61. The van der Waals surface area contributed by atoms with E-state index in [1.165, 1.54) is 12.8 Å². The zero-order valence-corrected chi connectivity index (χ0v) is 10.1. The predicted octanol–water partition coefficient (Wildman–Crippen LogP) is 1.75. The summed E-state index contributed by atoms with van der Waals surface area (Å²) in [5, 5.41) is 3.97. The molecule has 16 heavy (non-hydrogen) atoms. The largest absolute Gasteiger partial charge is 0.370 e. The van der Waals surface area contributed by atoms with Crippen molar-refractivity contribution in [1.82, 2.24) is 10.1 Å². The first-order chi connectivity index (χ1) is 7.52. The maximum atomic E-state index is 5.90. The number of nitrogens with two attached hydrogens (primary N) is 1. The second kappa shape index (κ2) is 4.14. The van der Waals surface area contributed by atoms with Crippen LogP contribution >= 0.6 is 0 Å². The van der Waals surface area contributed by atoms with Gasteiger partial charge in [0.2, 0.25) is 11.7 Å². The van der Waals surface area contributed by atoms with Crippen molar-refractivity contribution in [3.05, 3.63) is 11.7 Å². The molecular formula is C11H19N3O2. The van der Waals surface area contributed by atoms with Gasteiger partial charge in [0.05, 0.1) is 5.54 Å². The van der Waals surface area contributed by atoms with Crippen LogP contribution in [-0.4, -0.2) is 16.7 Å². The van der Waals surface area contributed by atoms with Crippen LogP contribution in [-0.2, 0) is 10.3 Å². The van der Waals surface area contributed by atoms with E-state index < -0.39 is 5.54 Å². The van der Waals surface area contributed by atoms with E-state index in [9.17, 15) is 0 Å². The van der Waals surface area contributed by atoms with Gasteiger partial charge in [-0.25, -0.2) is 0 Å². The van der Waals surface area contributed by atoms with Gasteiger partial charge in [-0.05, 0) is 39.5 Å². The Labute approximate surface area is 95.3 Å². The summed E-state index contributed by atoms with van der Waals surface area (Å²) in [7, 11) is 0. The standard InChI is InChI=1S/C11H19N3O2/c1-4-15-8(7-5-6-7)9-13-10(16-14-9)11(2,3)12/h7-8H,4-6,12H2,1-3H3. The van der Waals surface area contributed by atoms with Crippen LogP contribution in [0, 0.1) is 5.92 Å². The Morgan fingerprint density at radius 1 is 1.56 bits per heavy atom. The molecule has 1 saturated carbocycles. The molecule has 1 unspecified atom stereocenters. The van der Waals surface area contributed by atoms with Crippen LogP contribution in [0.3, 0.4) is 0 Å². The molecular weight excluding hydrogens is 206 g/mol. The van der Waals surface area contributed by atoms with Crippen LogP contribution in [0.2, 0.25) is 0 Å². The Morgan fingerprint density at radius 3 is 2.69 bits per heavy atom. The highest BCUT2D eigenvalue weighted by molar-refractivity contribution is 5.02. The summed E-state index contributed by atoms with van der Waals surface area (Å²) in [6.07, 6.45) is 2.34. The quantitative estimate of drug-likeness (QED) is 0.826. The smallest absolute Gasteiger partial charge is 0.246 e. The Hall–Kier alpha value is -0.940. The predicted molar refractivity (Wildman–Crippen MR) is 58.6 cm³/mol. The molecule has 90 valence electrons. The Morgan fingerprint density at radius 2 is 2.25 bits per heavy atom. The number of hydrogen-bond donors (Lipinski definition) is 1. The molecule has 0 radical (unpaired) electrons. The maximum Gasteiger partial charge on any atom is 0.246 e. The molecule has 1 atom stereocenters. The zero-order chi connectivity index (χ0) is 11.8. The van der Waals surface area contributed by atoms with E-state index in [1.54, 1.807) is 0 Å². The molecule has 1 aromatic heterocycles. The molecule has 0 aliphatic heterocycles. The molecule has 1 heterocycles. The minimum Gasteiger partial charge on any atom is -0.370 e. The lowest BCUT2D eigenvalue weighted by Crippen LogP contribution is -2.29. The lowest BCUT2D eigenvalue weighted by atomic mass is 10.1. The van der Waals surface area contributed by atoms with E-state index >= 15 is 0 Å². The monoisotopic (exact) mass is 225 g/mol. The van der Waals surface area contributed by atoms with Crippen molar-refractivity contribution in [1.29, 1.82) is 0 Å². The Balaban J connectivity index is 2.15. The highest BCUT2D eigenvalue weighted by Gasteiger charge is 2.37. The van der Waals surface area contributed by atoms with Gasteiger partial charge in [0.25, 0.3) is 0 Å². The highest BCUT2D eigenvalue weighted by Crippen LogP contribution is 2.42. The summed E-state index contributed by atoms with van der Waals surface area (Å²) in [4.78, 5) is 4.33. The molecule has 0 bridgehead atoms. The molecule has 2 rings (SSSR count). The Bertz CT molecular complexity index is 352. The number of aromatic nitrogens is 2. The van der Waals surface area contributed by atoms with Gasteiger partial charge in [-0.1, -0.05) is 5.16 Å². The molecule has 1 fully saturated rings. The van der Waals surface area contributed by atoms with E-state index in [0.29, 0.717) is 24.2 Å². The van der Waals surface area contributed by atoms with Gasteiger partial charge in [0, 0.05) is 6.61 Å². The minimum absolute atomic E-state index is 0.0233. The summed E-state index contributed by atoms with van der Waals surface area (Å²) >= 11 is 0. The molecule has 1 aliphatic rings. The zero-order valence-electron chi connectivity index (χ0n) is 10.1. The van der Waals surface area contributed by atoms with Crippen molar-refractivity contribution in [3.8, 4) is 0 Å². The molecule has 0 saturated heterocycles. The minimum atomic E-state index is -0.592. The second-order valence-electron chi connectivity index (χ2n) is 4.89. The topological polar surface area (TPSA) is 74.2 Å². The molecule has 2 N–H and O–H groups in total. The van der Waals surface area contributed by atoms with Gasteiger partial charge in [-0.3, -0.25) is 0 Å². The summed E-state index contributed by atoms with van der Waals surface area (Å²) in [6.45, 7) is 6.33. The summed E-state index contributed by atoms with van der Waals surface area (Å²) in [5.74, 6) is 1.65. The van der Waals surface area contributed by atoms with Gasteiger partial charge in [-0.15, -0.1) is 0 Å². The van der Waals surface area contributed by atoms with Crippen LogP contribution in [0.1, 0.15) is 51.4 Å². The van der Waals surface area contributed by atoms with Crippen molar-refractivity contribution in [2.75, 3.05) is 6.61 Å². The fourth-order valence-corrected chi connectivity index (χ4v) is 1.61. The van der Waals surface area contributed by atoms with E-state index in [4.69, 9.17) is 15.0 Å².